The molecule has 1 heterocycles. The van der Waals surface area contributed by atoms with E-state index < -0.39 is 11.9 Å². The van der Waals surface area contributed by atoms with Crippen molar-refractivity contribution in [1.29, 1.82) is 0 Å². The monoisotopic (exact) mass is 276 g/mol. The number of hydrogen-bond donors (Lipinski definition) is 2. The van der Waals surface area contributed by atoms with Gasteiger partial charge in [-0.25, -0.2) is 4.79 Å². The zero-order valence-electron chi connectivity index (χ0n) is 11.4. The Bertz CT molecular complexity index is 566. The third-order valence-electron chi connectivity index (χ3n) is 2.68. The normalized spacial score (nSPS) is 16.0. The lowest BCUT2D eigenvalue weighted by atomic mass is 10.1. The molecule has 0 atom stereocenters. The molecule has 1 aromatic rings. The van der Waals surface area contributed by atoms with Gasteiger partial charge in [0.1, 0.15) is 5.70 Å². The molecule has 2 N–H and O–H groups in total. The average Bonchev–Trinajstić information content (AvgIpc) is 2.75. The Balaban J connectivity index is 2.23. The molecule has 0 bridgehead atoms. The summed E-state index contributed by atoms with van der Waals surface area (Å²) in [5, 5.41) is 4.57. The van der Waals surface area contributed by atoms with E-state index in [1.807, 2.05) is 6.92 Å². The van der Waals surface area contributed by atoms with E-state index in [4.69, 9.17) is 9.47 Å². The third kappa shape index (κ3) is 3.09. The van der Waals surface area contributed by atoms with E-state index in [0.29, 0.717) is 18.1 Å². The van der Waals surface area contributed by atoms with Gasteiger partial charge in [0.05, 0.1) is 13.7 Å². The van der Waals surface area contributed by atoms with Crippen molar-refractivity contribution < 1.29 is 19.1 Å². The summed E-state index contributed by atoms with van der Waals surface area (Å²) in [5.41, 5.74) is 0.942. The largest absolute Gasteiger partial charge is 0.493 e. The first-order valence-corrected chi connectivity index (χ1v) is 6.29. The Labute approximate surface area is 116 Å². The average molecular weight is 276 g/mol. The number of benzene rings is 1. The highest BCUT2D eigenvalue weighted by atomic mass is 16.5. The number of carbonyl (C=O) groups excluding carboxylic acids is 2. The number of methoxy groups -OCH3 is 1. The first-order valence-electron chi connectivity index (χ1n) is 6.29. The second-order valence-corrected chi connectivity index (χ2v) is 4.23. The van der Waals surface area contributed by atoms with Crippen LogP contribution in [-0.2, 0) is 4.79 Å². The van der Waals surface area contributed by atoms with Gasteiger partial charge in [0.15, 0.2) is 11.5 Å². The molecule has 6 nitrogen and oxygen atoms in total. The first-order chi connectivity index (χ1) is 9.63. The number of imide groups is 1. The van der Waals surface area contributed by atoms with Crippen LogP contribution in [0, 0.1) is 0 Å². The lowest BCUT2D eigenvalue weighted by Gasteiger charge is -2.10. The molecular formula is C14H16N2O4. The maximum atomic E-state index is 11.4. The van der Waals surface area contributed by atoms with E-state index in [1.165, 1.54) is 0 Å². The van der Waals surface area contributed by atoms with Crippen molar-refractivity contribution in [2.24, 2.45) is 0 Å². The predicted octanol–water partition coefficient (Wildman–Crippen LogP) is 1.66. The summed E-state index contributed by atoms with van der Waals surface area (Å²) in [6.45, 7) is 2.63. The fourth-order valence-electron chi connectivity index (χ4n) is 1.75. The van der Waals surface area contributed by atoms with Crippen LogP contribution < -0.4 is 20.1 Å². The van der Waals surface area contributed by atoms with Gasteiger partial charge in [-0.15, -0.1) is 0 Å². The number of rotatable bonds is 5. The summed E-state index contributed by atoms with van der Waals surface area (Å²) in [7, 11) is 1.55. The Morgan fingerprint density at radius 1 is 1.20 bits per heavy atom. The smallest absolute Gasteiger partial charge is 0.326 e. The molecule has 3 amide bonds. The molecule has 0 aromatic heterocycles. The number of urea groups is 1. The molecular weight excluding hydrogens is 260 g/mol. The number of nitrogens with one attached hydrogen (secondary N) is 2. The van der Waals surface area contributed by atoms with Gasteiger partial charge in [0.2, 0.25) is 0 Å². The van der Waals surface area contributed by atoms with Crippen LogP contribution in [0.4, 0.5) is 4.79 Å². The molecule has 20 heavy (non-hydrogen) atoms. The minimum atomic E-state index is -0.517. The van der Waals surface area contributed by atoms with Crippen LogP contribution in [0.1, 0.15) is 18.9 Å². The molecule has 2 rings (SSSR count). The molecule has 0 radical (unpaired) electrons. The molecule has 0 unspecified atom stereocenters. The fraction of sp³-hybridized carbons (Fsp3) is 0.286. The van der Waals surface area contributed by atoms with E-state index in [-0.39, 0.29) is 5.70 Å². The van der Waals surface area contributed by atoms with E-state index in [9.17, 15) is 9.59 Å². The van der Waals surface area contributed by atoms with E-state index in [0.717, 1.165) is 12.0 Å². The Morgan fingerprint density at radius 2 is 2.00 bits per heavy atom. The maximum absolute atomic E-state index is 11.4. The lowest BCUT2D eigenvalue weighted by molar-refractivity contribution is -0.115. The predicted molar refractivity (Wildman–Crippen MR) is 73.4 cm³/mol. The molecule has 1 aromatic carbocycles. The summed E-state index contributed by atoms with van der Waals surface area (Å²) < 4.78 is 10.8. The van der Waals surface area contributed by atoms with Crippen LogP contribution in [0.5, 0.6) is 11.5 Å². The summed E-state index contributed by atoms with van der Waals surface area (Å²) in [5.74, 6) is 0.786. The summed E-state index contributed by atoms with van der Waals surface area (Å²) >= 11 is 0. The van der Waals surface area contributed by atoms with Crippen LogP contribution in [0.25, 0.3) is 6.08 Å². The second-order valence-electron chi connectivity index (χ2n) is 4.23. The number of carbonyl (C=O) groups is 2. The minimum absolute atomic E-state index is 0.208. The van der Waals surface area contributed by atoms with Gasteiger partial charge in [-0.05, 0) is 30.2 Å². The van der Waals surface area contributed by atoms with Crippen LogP contribution in [0.3, 0.4) is 0 Å². The van der Waals surface area contributed by atoms with Gasteiger partial charge in [-0.1, -0.05) is 13.0 Å². The highest BCUT2D eigenvalue weighted by Gasteiger charge is 2.22. The summed E-state index contributed by atoms with van der Waals surface area (Å²) in [6.07, 6.45) is 2.48. The molecule has 6 heteroatoms. The van der Waals surface area contributed by atoms with Crippen molar-refractivity contribution in [3.8, 4) is 11.5 Å². The molecule has 1 aliphatic rings. The minimum Gasteiger partial charge on any atom is -0.493 e. The van der Waals surface area contributed by atoms with Crippen LogP contribution in [-0.4, -0.2) is 25.7 Å². The van der Waals surface area contributed by atoms with Crippen molar-refractivity contribution in [2.45, 2.75) is 13.3 Å². The Hall–Kier alpha value is -2.50. The van der Waals surface area contributed by atoms with Gasteiger partial charge in [0, 0.05) is 0 Å². The molecule has 1 aliphatic heterocycles. The standard InChI is InChI=1S/C14H16N2O4/c1-3-6-20-11-5-4-9(8-12(11)19-2)7-10-13(17)16-14(18)15-10/h4-5,7-8H,3,6H2,1-2H3,(H2,15,16,17,18)/b10-7-. The zero-order valence-corrected chi connectivity index (χ0v) is 11.4. The summed E-state index contributed by atoms with van der Waals surface area (Å²) in [4.78, 5) is 22.5. The summed E-state index contributed by atoms with van der Waals surface area (Å²) in [6, 6.07) is 4.79. The van der Waals surface area contributed by atoms with Crippen LogP contribution in [0.15, 0.2) is 23.9 Å². The van der Waals surface area contributed by atoms with Gasteiger partial charge in [0.25, 0.3) is 5.91 Å². The van der Waals surface area contributed by atoms with Crippen LogP contribution >= 0.6 is 0 Å². The molecule has 1 fully saturated rings. The second kappa shape index (κ2) is 6.10. The highest BCUT2D eigenvalue weighted by molar-refractivity contribution is 6.13. The fourth-order valence-corrected chi connectivity index (χ4v) is 1.75. The van der Waals surface area contributed by atoms with Gasteiger partial charge in [-0.3, -0.25) is 10.1 Å². The van der Waals surface area contributed by atoms with Gasteiger partial charge < -0.3 is 14.8 Å². The van der Waals surface area contributed by atoms with Gasteiger partial charge in [-0.2, -0.15) is 0 Å². The van der Waals surface area contributed by atoms with Crippen LogP contribution in [0.2, 0.25) is 0 Å². The number of amides is 3. The molecule has 0 spiro atoms. The molecule has 106 valence electrons. The van der Waals surface area contributed by atoms with E-state index in [1.54, 1.807) is 31.4 Å². The third-order valence-corrected chi connectivity index (χ3v) is 2.68. The van der Waals surface area contributed by atoms with E-state index in [2.05, 4.69) is 10.6 Å². The quantitative estimate of drug-likeness (QED) is 0.633. The van der Waals surface area contributed by atoms with Crippen molar-refractivity contribution in [3.05, 3.63) is 29.5 Å². The zero-order chi connectivity index (χ0) is 14.5. The molecule has 0 saturated carbocycles. The number of hydrogen-bond acceptors (Lipinski definition) is 4. The first kappa shape index (κ1) is 13.9. The Kier molecular flexibility index (Phi) is 4.24. The SMILES string of the molecule is CCCOc1ccc(/C=C2\NC(=O)NC2=O)cc1OC. The van der Waals surface area contributed by atoms with E-state index >= 15 is 0 Å². The lowest BCUT2D eigenvalue weighted by Crippen LogP contribution is -2.22. The van der Waals surface area contributed by atoms with Gasteiger partial charge >= 0.3 is 6.03 Å². The topological polar surface area (TPSA) is 76.7 Å². The van der Waals surface area contributed by atoms with Crippen molar-refractivity contribution >= 4 is 18.0 Å². The molecule has 0 aliphatic carbocycles. The van der Waals surface area contributed by atoms with Crippen molar-refractivity contribution in [1.82, 2.24) is 10.6 Å². The maximum Gasteiger partial charge on any atom is 0.326 e. The van der Waals surface area contributed by atoms with Crippen molar-refractivity contribution in [2.75, 3.05) is 13.7 Å². The number of ether oxygens (including phenoxy) is 2. The molecule has 1 saturated heterocycles. The van der Waals surface area contributed by atoms with Crippen molar-refractivity contribution in [3.63, 3.8) is 0 Å². The highest BCUT2D eigenvalue weighted by Crippen LogP contribution is 2.29. The Morgan fingerprint density at radius 3 is 2.60 bits per heavy atom.